The number of nitrogens with two attached hydrogens (primary N) is 1. The van der Waals surface area contributed by atoms with Crippen LogP contribution in [0.15, 0.2) is 60.9 Å². The number of nitrogens with one attached hydrogen (secondary N) is 3. The van der Waals surface area contributed by atoms with Gasteiger partial charge in [0.2, 0.25) is 0 Å². The fraction of sp³-hybridized carbons (Fsp3) is 0.0952. The Morgan fingerprint density at radius 2 is 1.86 bits per heavy atom. The average Bonchev–Trinajstić information content (AvgIpc) is 3.12. The van der Waals surface area contributed by atoms with Crippen molar-refractivity contribution < 1.29 is 4.79 Å². The number of aromatic amines is 1. The first kappa shape index (κ1) is 17.7. The first-order valence-electron chi connectivity index (χ1n) is 8.90. The molecule has 28 heavy (non-hydrogen) atoms. The van der Waals surface area contributed by atoms with Gasteiger partial charge in [0.1, 0.15) is 5.52 Å². The molecule has 0 spiro atoms. The Hall–Kier alpha value is -3.71. The van der Waals surface area contributed by atoms with Gasteiger partial charge in [-0.2, -0.15) is 5.10 Å². The molecule has 4 aromatic rings. The van der Waals surface area contributed by atoms with Crippen LogP contribution >= 0.6 is 0 Å². The monoisotopic (exact) mass is 372 g/mol. The topological polar surface area (TPSA) is 109 Å². The summed E-state index contributed by atoms with van der Waals surface area (Å²) in [6.45, 7) is 2.35. The number of aryl methyl sites for hydroxylation is 1. The van der Waals surface area contributed by atoms with E-state index in [9.17, 15) is 4.79 Å². The maximum absolute atomic E-state index is 12.2. The molecule has 0 saturated carbocycles. The van der Waals surface area contributed by atoms with Crippen molar-refractivity contribution in [2.75, 3.05) is 10.6 Å². The van der Waals surface area contributed by atoms with Crippen LogP contribution in [0, 0.1) is 6.92 Å². The highest BCUT2D eigenvalue weighted by molar-refractivity contribution is 6.00. The number of anilines is 2. The number of carbonyl (C=O) groups is 1. The van der Waals surface area contributed by atoms with Crippen molar-refractivity contribution in [3.8, 4) is 11.1 Å². The van der Waals surface area contributed by atoms with E-state index in [-0.39, 0.29) is 6.03 Å². The predicted octanol–water partition coefficient (Wildman–Crippen LogP) is 4.04. The largest absolute Gasteiger partial charge is 0.325 e. The molecule has 140 valence electrons. The lowest BCUT2D eigenvalue weighted by atomic mass is 10.0. The molecule has 0 radical (unpaired) electrons. The maximum atomic E-state index is 12.2. The second-order valence-corrected chi connectivity index (χ2v) is 6.51. The predicted molar refractivity (Wildman–Crippen MR) is 111 cm³/mol. The van der Waals surface area contributed by atoms with Gasteiger partial charge >= 0.3 is 6.03 Å². The summed E-state index contributed by atoms with van der Waals surface area (Å²) >= 11 is 0. The summed E-state index contributed by atoms with van der Waals surface area (Å²) in [6, 6.07) is 14.9. The molecule has 2 heterocycles. The fourth-order valence-electron chi connectivity index (χ4n) is 3.15. The number of hydrogen-bond donors (Lipinski definition) is 4. The van der Waals surface area contributed by atoms with Crippen molar-refractivity contribution in [3.05, 3.63) is 72.2 Å². The molecule has 0 aliphatic heterocycles. The molecule has 2 aromatic carbocycles. The molecule has 0 unspecified atom stereocenters. The third-order valence-corrected chi connectivity index (χ3v) is 4.47. The number of urea groups is 1. The molecule has 0 aliphatic rings. The van der Waals surface area contributed by atoms with Crippen molar-refractivity contribution in [1.82, 2.24) is 15.2 Å². The van der Waals surface area contributed by atoms with Crippen molar-refractivity contribution in [2.24, 2.45) is 5.73 Å². The number of aromatic nitrogens is 3. The molecule has 2 amide bonds. The smallest absolute Gasteiger partial charge is 0.323 e. The molecule has 2 aromatic heterocycles. The van der Waals surface area contributed by atoms with Crippen LogP contribution in [-0.4, -0.2) is 21.2 Å². The quantitative estimate of drug-likeness (QED) is 0.433. The number of rotatable bonds is 4. The van der Waals surface area contributed by atoms with Gasteiger partial charge in [0.25, 0.3) is 0 Å². The van der Waals surface area contributed by atoms with Crippen LogP contribution in [0.4, 0.5) is 16.2 Å². The van der Waals surface area contributed by atoms with E-state index in [1.54, 1.807) is 12.4 Å². The third kappa shape index (κ3) is 3.56. The zero-order valence-corrected chi connectivity index (χ0v) is 15.4. The highest BCUT2D eigenvalue weighted by Crippen LogP contribution is 2.29. The Balaban J connectivity index is 1.53. The number of pyridine rings is 1. The van der Waals surface area contributed by atoms with E-state index in [0.717, 1.165) is 39.0 Å². The normalized spacial score (nSPS) is 10.8. The molecule has 5 N–H and O–H groups in total. The van der Waals surface area contributed by atoms with Gasteiger partial charge in [-0.3, -0.25) is 10.1 Å². The molecule has 0 atom stereocenters. The first-order valence-corrected chi connectivity index (χ1v) is 8.90. The van der Waals surface area contributed by atoms with E-state index in [4.69, 9.17) is 5.73 Å². The molecule has 0 aliphatic carbocycles. The SMILES string of the molecule is Cc1cccc(NC(=O)Nc2ccc(-c3cncc4n[nH]c(CN)c34)cc2)c1. The Bertz CT molecular complexity index is 1130. The minimum atomic E-state index is -0.289. The number of nitrogens with zero attached hydrogens (tertiary/aromatic N) is 2. The van der Waals surface area contributed by atoms with Crippen molar-refractivity contribution >= 4 is 28.3 Å². The van der Waals surface area contributed by atoms with E-state index in [1.165, 1.54) is 0 Å². The Morgan fingerprint density at radius 1 is 1.07 bits per heavy atom. The minimum absolute atomic E-state index is 0.289. The zero-order chi connectivity index (χ0) is 19.5. The summed E-state index contributed by atoms with van der Waals surface area (Å²) in [7, 11) is 0. The van der Waals surface area contributed by atoms with Gasteiger partial charge in [0.15, 0.2) is 0 Å². The standard InChI is InChI=1S/C21H20N6O/c1-13-3-2-4-16(9-13)25-21(28)24-15-7-5-14(6-8-15)17-11-23-12-19-20(17)18(10-22)26-27-19/h2-9,11-12H,10,22H2,1H3,(H,26,27)(H2,24,25,28). The Morgan fingerprint density at radius 3 is 2.61 bits per heavy atom. The molecule has 7 nitrogen and oxygen atoms in total. The highest BCUT2D eigenvalue weighted by atomic mass is 16.2. The lowest BCUT2D eigenvalue weighted by Gasteiger charge is -2.09. The van der Waals surface area contributed by atoms with Gasteiger partial charge in [0, 0.05) is 35.1 Å². The van der Waals surface area contributed by atoms with E-state index in [1.807, 2.05) is 55.5 Å². The van der Waals surface area contributed by atoms with Crippen molar-refractivity contribution in [2.45, 2.75) is 13.5 Å². The number of hydrogen-bond acceptors (Lipinski definition) is 4. The van der Waals surface area contributed by atoms with Gasteiger partial charge in [-0.25, -0.2) is 4.79 Å². The summed E-state index contributed by atoms with van der Waals surface area (Å²) in [5.41, 5.74) is 11.9. The summed E-state index contributed by atoms with van der Waals surface area (Å²) in [5.74, 6) is 0. The molecule has 0 fully saturated rings. The van der Waals surface area contributed by atoms with E-state index < -0.39 is 0 Å². The van der Waals surface area contributed by atoms with Crippen LogP contribution < -0.4 is 16.4 Å². The summed E-state index contributed by atoms with van der Waals surface area (Å²) in [4.78, 5) is 16.5. The van der Waals surface area contributed by atoms with Crippen LogP contribution in [-0.2, 0) is 6.54 Å². The van der Waals surface area contributed by atoms with Gasteiger partial charge in [-0.15, -0.1) is 0 Å². The highest BCUT2D eigenvalue weighted by Gasteiger charge is 2.11. The third-order valence-electron chi connectivity index (χ3n) is 4.47. The number of H-pyrrole nitrogens is 1. The van der Waals surface area contributed by atoms with Crippen LogP contribution in [0.2, 0.25) is 0 Å². The number of carbonyl (C=O) groups excluding carboxylic acids is 1. The Labute approximate surface area is 162 Å². The van der Waals surface area contributed by atoms with Gasteiger partial charge in [-0.1, -0.05) is 24.3 Å². The van der Waals surface area contributed by atoms with Crippen molar-refractivity contribution in [3.63, 3.8) is 0 Å². The minimum Gasteiger partial charge on any atom is -0.325 e. The van der Waals surface area contributed by atoms with Gasteiger partial charge in [-0.05, 0) is 42.3 Å². The van der Waals surface area contributed by atoms with Gasteiger partial charge < -0.3 is 16.4 Å². The van der Waals surface area contributed by atoms with E-state index in [2.05, 4.69) is 25.8 Å². The van der Waals surface area contributed by atoms with Gasteiger partial charge in [0.05, 0.1) is 11.9 Å². The molecule has 7 heteroatoms. The molecular weight excluding hydrogens is 352 g/mol. The molecular formula is C21H20N6O. The summed E-state index contributed by atoms with van der Waals surface area (Å²) < 4.78 is 0. The molecule has 0 saturated heterocycles. The zero-order valence-electron chi connectivity index (χ0n) is 15.4. The van der Waals surface area contributed by atoms with Crippen LogP contribution in [0.25, 0.3) is 22.0 Å². The summed E-state index contributed by atoms with van der Waals surface area (Å²) in [6.07, 6.45) is 3.50. The van der Waals surface area contributed by atoms with E-state index >= 15 is 0 Å². The Kier molecular flexibility index (Phi) is 4.74. The summed E-state index contributed by atoms with van der Waals surface area (Å²) in [5, 5.41) is 13.8. The lowest BCUT2D eigenvalue weighted by molar-refractivity contribution is 0.262. The molecule has 4 rings (SSSR count). The lowest BCUT2D eigenvalue weighted by Crippen LogP contribution is -2.19. The number of fused-ring (bicyclic) bond motifs is 1. The maximum Gasteiger partial charge on any atom is 0.323 e. The van der Waals surface area contributed by atoms with Crippen LogP contribution in [0.1, 0.15) is 11.3 Å². The second-order valence-electron chi connectivity index (χ2n) is 6.51. The average molecular weight is 372 g/mol. The van der Waals surface area contributed by atoms with Crippen LogP contribution in [0.5, 0.6) is 0 Å². The van der Waals surface area contributed by atoms with Crippen molar-refractivity contribution in [1.29, 1.82) is 0 Å². The number of benzene rings is 2. The number of amides is 2. The fourth-order valence-corrected chi connectivity index (χ4v) is 3.15. The first-order chi connectivity index (χ1) is 13.6. The van der Waals surface area contributed by atoms with E-state index in [0.29, 0.717) is 12.2 Å². The molecule has 0 bridgehead atoms. The second kappa shape index (κ2) is 7.50. The van der Waals surface area contributed by atoms with Crippen LogP contribution in [0.3, 0.4) is 0 Å².